The quantitative estimate of drug-likeness (QED) is 0.588. The zero-order chi connectivity index (χ0) is 20.1. The molecule has 1 N–H and O–H groups in total. The molecule has 0 radical (unpaired) electrons. The molecular formula is C22H23NO4S. The van der Waals surface area contributed by atoms with E-state index in [1.165, 1.54) is 24.3 Å². The summed E-state index contributed by atoms with van der Waals surface area (Å²) in [7, 11) is 1.34. The van der Waals surface area contributed by atoms with E-state index in [4.69, 9.17) is 9.15 Å². The number of amides is 1. The Morgan fingerprint density at radius 2 is 1.89 bits per heavy atom. The summed E-state index contributed by atoms with van der Waals surface area (Å²) in [5.74, 6) is 1.54. The van der Waals surface area contributed by atoms with Crippen LogP contribution in [0.1, 0.15) is 40.4 Å². The Labute approximate surface area is 168 Å². The second kappa shape index (κ2) is 8.97. The zero-order valence-electron chi connectivity index (χ0n) is 16.2. The van der Waals surface area contributed by atoms with Crippen molar-refractivity contribution in [3.8, 4) is 0 Å². The molecule has 2 aromatic carbocycles. The second-order valence-electron chi connectivity index (χ2n) is 6.56. The summed E-state index contributed by atoms with van der Waals surface area (Å²) in [6.45, 7) is 3.70. The lowest BCUT2D eigenvalue weighted by molar-refractivity contribution is -0.119. The van der Waals surface area contributed by atoms with Gasteiger partial charge in [-0.15, -0.1) is 11.8 Å². The minimum atomic E-state index is -0.417. The number of furan rings is 1. The maximum Gasteiger partial charge on any atom is 0.341 e. The molecule has 28 heavy (non-hydrogen) atoms. The number of aryl methyl sites for hydroxylation is 1. The van der Waals surface area contributed by atoms with Crippen LogP contribution in [0, 0.1) is 6.92 Å². The van der Waals surface area contributed by atoms with E-state index in [-0.39, 0.29) is 11.9 Å². The molecule has 1 amide bonds. The van der Waals surface area contributed by atoms with Crippen molar-refractivity contribution >= 4 is 34.4 Å². The molecule has 1 atom stereocenters. The van der Waals surface area contributed by atoms with Crippen LogP contribution in [0.2, 0.25) is 0 Å². The first-order valence-electron chi connectivity index (χ1n) is 9.01. The van der Waals surface area contributed by atoms with Crippen molar-refractivity contribution in [3.63, 3.8) is 0 Å². The Hall–Kier alpha value is -2.73. The Morgan fingerprint density at radius 3 is 2.64 bits per heavy atom. The number of benzene rings is 2. The number of rotatable bonds is 7. The van der Waals surface area contributed by atoms with Crippen LogP contribution in [0.4, 0.5) is 0 Å². The van der Waals surface area contributed by atoms with Crippen LogP contribution in [-0.4, -0.2) is 24.7 Å². The van der Waals surface area contributed by atoms with Gasteiger partial charge in [-0.2, -0.15) is 0 Å². The van der Waals surface area contributed by atoms with E-state index in [2.05, 4.69) is 29.6 Å². The van der Waals surface area contributed by atoms with Crippen molar-refractivity contribution < 1.29 is 18.7 Å². The predicted molar refractivity (Wildman–Crippen MR) is 111 cm³/mol. The third kappa shape index (κ3) is 4.75. The molecule has 0 saturated heterocycles. The molecule has 5 nitrogen and oxygen atoms in total. The standard InChI is InChI=1S/C22H23NO4S/c1-14(17-9-8-16-6-4-5-7-18(16)10-17)23-21(24)13-28-12-19-11-20(15(2)27-19)22(25)26-3/h4-11,14H,12-13H2,1-3H3,(H,23,24)/t14-/m0/s1. The van der Waals surface area contributed by atoms with E-state index in [9.17, 15) is 9.59 Å². The summed E-state index contributed by atoms with van der Waals surface area (Å²) in [5, 5.41) is 5.36. The number of carbonyl (C=O) groups excluding carboxylic acids is 2. The van der Waals surface area contributed by atoms with Crippen LogP contribution in [0.3, 0.4) is 0 Å². The summed E-state index contributed by atoms with van der Waals surface area (Å²) in [6.07, 6.45) is 0. The first kappa shape index (κ1) is 20.0. The average molecular weight is 397 g/mol. The van der Waals surface area contributed by atoms with E-state index >= 15 is 0 Å². The highest BCUT2D eigenvalue weighted by Gasteiger charge is 2.16. The van der Waals surface area contributed by atoms with Gasteiger partial charge in [-0.25, -0.2) is 4.79 Å². The molecule has 0 fully saturated rings. The monoisotopic (exact) mass is 397 g/mol. The highest BCUT2D eigenvalue weighted by Crippen LogP contribution is 2.22. The highest BCUT2D eigenvalue weighted by atomic mass is 32.2. The van der Waals surface area contributed by atoms with Gasteiger partial charge in [-0.3, -0.25) is 4.79 Å². The molecule has 0 saturated carbocycles. The first-order valence-corrected chi connectivity index (χ1v) is 10.2. The molecule has 3 aromatic rings. The van der Waals surface area contributed by atoms with Crippen LogP contribution in [0.15, 0.2) is 52.9 Å². The normalized spacial score (nSPS) is 12.0. The molecule has 1 heterocycles. The molecule has 0 spiro atoms. The van der Waals surface area contributed by atoms with Crippen molar-refractivity contribution in [1.82, 2.24) is 5.32 Å². The lowest BCUT2D eigenvalue weighted by atomic mass is 10.0. The molecule has 0 unspecified atom stereocenters. The first-order chi connectivity index (χ1) is 13.5. The van der Waals surface area contributed by atoms with Crippen molar-refractivity contribution in [2.24, 2.45) is 0 Å². The van der Waals surface area contributed by atoms with E-state index < -0.39 is 5.97 Å². The minimum absolute atomic E-state index is 0.0397. The largest absolute Gasteiger partial charge is 0.465 e. The van der Waals surface area contributed by atoms with Gasteiger partial charge in [0, 0.05) is 0 Å². The maximum absolute atomic E-state index is 12.3. The Kier molecular flexibility index (Phi) is 6.41. The molecule has 6 heteroatoms. The van der Waals surface area contributed by atoms with Gasteiger partial charge in [-0.1, -0.05) is 36.4 Å². The van der Waals surface area contributed by atoms with Gasteiger partial charge in [0.1, 0.15) is 17.1 Å². The van der Waals surface area contributed by atoms with Gasteiger partial charge in [0.05, 0.1) is 24.7 Å². The lowest BCUT2D eigenvalue weighted by Crippen LogP contribution is -2.28. The van der Waals surface area contributed by atoms with Gasteiger partial charge in [0.2, 0.25) is 5.91 Å². The topological polar surface area (TPSA) is 68.5 Å². The van der Waals surface area contributed by atoms with Crippen molar-refractivity contribution in [2.45, 2.75) is 25.6 Å². The van der Waals surface area contributed by atoms with Gasteiger partial charge in [0.25, 0.3) is 0 Å². The smallest absolute Gasteiger partial charge is 0.341 e. The van der Waals surface area contributed by atoms with Crippen LogP contribution in [-0.2, 0) is 15.3 Å². The summed E-state index contributed by atoms with van der Waals surface area (Å²) in [6, 6.07) is 16.0. The molecule has 0 aliphatic carbocycles. The van der Waals surface area contributed by atoms with E-state index in [1.54, 1.807) is 13.0 Å². The second-order valence-corrected chi connectivity index (χ2v) is 7.55. The Morgan fingerprint density at radius 1 is 1.14 bits per heavy atom. The van der Waals surface area contributed by atoms with Crippen molar-refractivity contribution in [2.75, 3.05) is 12.9 Å². The van der Waals surface area contributed by atoms with Crippen LogP contribution in [0.25, 0.3) is 10.8 Å². The van der Waals surface area contributed by atoms with Crippen molar-refractivity contribution in [1.29, 1.82) is 0 Å². The fourth-order valence-electron chi connectivity index (χ4n) is 3.02. The van der Waals surface area contributed by atoms with Gasteiger partial charge < -0.3 is 14.5 Å². The summed E-state index contributed by atoms with van der Waals surface area (Å²) in [4.78, 5) is 23.9. The number of fused-ring (bicyclic) bond motifs is 1. The lowest BCUT2D eigenvalue weighted by Gasteiger charge is -2.15. The molecule has 3 rings (SSSR count). The van der Waals surface area contributed by atoms with E-state index in [0.29, 0.717) is 28.6 Å². The molecule has 0 aliphatic heterocycles. The fraction of sp³-hybridized carbons (Fsp3) is 0.273. The third-order valence-electron chi connectivity index (χ3n) is 4.50. The average Bonchev–Trinajstić information content (AvgIpc) is 3.07. The van der Waals surface area contributed by atoms with Crippen LogP contribution < -0.4 is 5.32 Å². The Bertz CT molecular complexity index is 995. The predicted octanol–water partition coefficient (Wildman–Crippen LogP) is 4.64. The molecule has 146 valence electrons. The number of methoxy groups -OCH3 is 1. The number of nitrogens with one attached hydrogen (secondary N) is 1. The highest BCUT2D eigenvalue weighted by molar-refractivity contribution is 7.99. The number of ether oxygens (including phenoxy) is 1. The van der Waals surface area contributed by atoms with Gasteiger partial charge >= 0.3 is 5.97 Å². The number of esters is 1. The van der Waals surface area contributed by atoms with Crippen LogP contribution >= 0.6 is 11.8 Å². The van der Waals surface area contributed by atoms with E-state index in [1.807, 2.05) is 25.1 Å². The zero-order valence-corrected chi connectivity index (χ0v) is 17.0. The molecule has 0 bridgehead atoms. The number of carbonyl (C=O) groups is 2. The SMILES string of the molecule is COC(=O)c1cc(CSCC(=O)N[C@@H](C)c2ccc3ccccc3c2)oc1C. The number of hydrogen-bond donors (Lipinski definition) is 1. The summed E-state index contributed by atoms with van der Waals surface area (Å²) in [5.41, 5.74) is 1.49. The fourth-order valence-corrected chi connectivity index (χ4v) is 3.73. The third-order valence-corrected chi connectivity index (χ3v) is 5.46. The summed E-state index contributed by atoms with van der Waals surface area (Å²) >= 11 is 1.44. The van der Waals surface area contributed by atoms with Gasteiger partial charge in [-0.05, 0) is 42.3 Å². The van der Waals surface area contributed by atoms with Crippen LogP contribution in [0.5, 0.6) is 0 Å². The number of thioether (sulfide) groups is 1. The Balaban J connectivity index is 1.51. The maximum atomic E-state index is 12.3. The molecule has 0 aliphatic rings. The molecule has 1 aromatic heterocycles. The number of hydrogen-bond acceptors (Lipinski definition) is 5. The van der Waals surface area contributed by atoms with Crippen molar-refractivity contribution in [3.05, 3.63) is 71.2 Å². The molecular weight excluding hydrogens is 374 g/mol. The summed E-state index contributed by atoms with van der Waals surface area (Å²) < 4.78 is 10.3. The van der Waals surface area contributed by atoms with E-state index in [0.717, 1.165) is 10.9 Å². The van der Waals surface area contributed by atoms with Gasteiger partial charge in [0.15, 0.2) is 0 Å². The minimum Gasteiger partial charge on any atom is -0.465 e.